The molecule has 6 heteroatoms. The third kappa shape index (κ3) is 3.26. The number of amides is 1. The van der Waals surface area contributed by atoms with Gasteiger partial charge in [-0.1, -0.05) is 0 Å². The molecule has 0 aromatic carbocycles. The fourth-order valence-electron chi connectivity index (χ4n) is 3.90. The van der Waals surface area contributed by atoms with Gasteiger partial charge in [0.1, 0.15) is 12.0 Å². The van der Waals surface area contributed by atoms with E-state index in [0.717, 1.165) is 31.6 Å². The molecule has 6 nitrogen and oxygen atoms in total. The minimum atomic E-state index is -0.175. The summed E-state index contributed by atoms with van der Waals surface area (Å²) in [6.07, 6.45) is 9.42. The van der Waals surface area contributed by atoms with Crippen LogP contribution >= 0.6 is 0 Å². The zero-order valence-electron chi connectivity index (χ0n) is 14.1. The zero-order valence-corrected chi connectivity index (χ0v) is 14.1. The lowest BCUT2D eigenvalue weighted by molar-refractivity contribution is -0.133. The second kappa shape index (κ2) is 6.88. The molecule has 2 fully saturated rings. The SMILES string of the molecule is O=C(c1ccoc1)N1CC[C@H]2OCCC[C@]2(COc2cccnc2)C1. The molecule has 4 rings (SSSR count). The number of furan rings is 1. The van der Waals surface area contributed by atoms with Crippen LogP contribution in [0, 0.1) is 5.41 Å². The number of ether oxygens (including phenoxy) is 2. The summed E-state index contributed by atoms with van der Waals surface area (Å²) in [5, 5.41) is 0. The molecule has 132 valence electrons. The van der Waals surface area contributed by atoms with Crippen molar-refractivity contribution in [2.24, 2.45) is 5.41 Å². The van der Waals surface area contributed by atoms with Gasteiger partial charge in [0.25, 0.3) is 5.91 Å². The summed E-state index contributed by atoms with van der Waals surface area (Å²) in [6, 6.07) is 5.47. The average molecular weight is 342 g/mol. The molecule has 4 heterocycles. The summed E-state index contributed by atoms with van der Waals surface area (Å²) in [5.74, 6) is 0.762. The first-order chi connectivity index (χ1) is 12.3. The van der Waals surface area contributed by atoms with Crippen LogP contribution in [0.15, 0.2) is 47.5 Å². The number of carbonyl (C=O) groups excluding carboxylic acids is 1. The Balaban J connectivity index is 1.51. The van der Waals surface area contributed by atoms with Crippen molar-refractivity contribution in [1.82, 2.24) is 9.88 Å². The van der Waals surface area contributed by atoms with Gasteiger partial charge in [0.2, 0.25) is 0 Å². The van der Waals surface area contributed by atoms with Crippen LogP contribution in [-0.2, 0) is 4.74 Å². The number of carbonyl (C=O) groups is 1. The molecule has 25 heavy (non-hydrogen) atoms. The van der Waals surface area contributed by atoms with Gasteiger partial charge in [-0.3, -0.25) is 9.78 Å². The van der Waals surface area contributed by atoms with Crippen molar-refractivity contribution in [2.75, 3.05) is 26.3 Å². The van der Waals surface area contributed by atoms with Gasteiger partial charge in [0.05, 0.1) is 30.7 Å². The number of piperidine rings is 1. The maximum atomic E-state index is 12.7. The van der Waals surface area contributed by atoms with E-state index >= 15 is 0 Å². The first-order valence-electron chi connectivity index (χ1n) is 8.73. The quantitative estimate of drug-likeness (QED) is 0.855. The predicted octanol–water partition coefficient (Wildman–Crippen LogP) is 2.76. The Bertz CT molecular complexity index is 703. The number of nitrogens with zero attached hydrogens (tertiary/aromatic N) is 2. The van der Waals surface area contributed by atoms with Gasteiger partial charge in [0, 0.05) is 31.3 Å². The average Bonchev–Trinajstić information content (AvgIpc) is 3.21. The first kappa shape index (κ1) is 16.1. The molecule has 2 aromatic rings. The summed E-state index contributed by atoms with van der Waals surface area (Å²) >= 11 is 0. The summed E-state index contributed by atoms with van der Waals surface area (Å²) in [4.78, 5) is 18.7. The molecule has 0 unspecified atom stereocenters. The van der Waals surface area contributed by atoms with E-state index in [0.29, 0.717) is 25.3 Å². The molecular formula is C19H22N2O4. The van der Waals surface area contributed by atoms with Crippen LogP contribution in [-0.4, -0.2) is 48.2 Å². The largest absolute Gasteiger partial charge is 0.491 e. The van der Waals surface area contributed by atoms with E-state index in [2.05, 4.69) is 4.98 Å². The van der Waals surface area contributed by atoms with Crippen LogP contribution in [0.25, 0.3) is 0 Å². The first-order valence-corrected chi connectivity index (χ1v) is 8.73. The highest BCUT2D eigenvalue weighted by Crippen LogP contribution is 2.41. The second-order valence-corrected chi connectivity index (χ2v) is 6.83. The number of likely N-dealkylation sites (tertiary alicyclic amines) is 1. The molecule has 0 aliphatic carbocycles. The molecule has 2 aromatic heterocycles. The smallest absolute Gasteiger partial charge is 0.257 e. The van der Waals surface area contributed by atoms with Crippen molar-refractivity contribution in [3.63, 3.8) is 0 Å². The molecule has 0 radical (unpaired) electrons. The van der Waals surface area contributed by atoms with E-state index in [9.17, 15) is 4.79 Å². The van der Waals surface area contributed by atoms with Gasteiger partial charge in [-0.25, -0.2) is 0 Å². The summed E-state index contributed by atoms with van der Waals surface area (Å²) in [6.45, 7) is 2.65. The fourth-order valence-corrected chi connectivity index (χ4v) is 3.90. The van der Waals surface area contributed by atoms with E-state index in [1.165, 1.54) is 12.5 Å². The van der Waals surface area contributed by atoms with Gasteiger partial charge in [-0.15, -0.1) is 0 Å². The molecule has 2 aliphatic rings. The Labute approximate surface area is 146 Å². The van der Waals surface area contributed by atoms with Crippen LogP contribution in [0.3, 0.4) is 0 Å². The number of hydrogen-bond acceptors (Lipinski definition) is 5. The standard InChI is InChI=1S/C19H22N2O4/c22-18(15-5-10-23-12-15)21-8-4-17-19(13-21,6-2-9-24-17)14-25-16-3-1-7-20-11-16/h1,3,5,7,10-12,17H,2,4,6,8-9,13-14H2/t17-,19-/m1/s1. The maximum absolute atomic E-state index is 12.7. The molecule has 0 spiro atoms. The highest BCUT2D eigenvalue weighted by molar-refractivity contribution is 5.93. The van der Waals surface area contributed by atoms with Gasteiger partial charge >= 0.3 is 0 Å². The van der Waals surface area contributed by atoms with Crippen molar-refractivity contribution < 1.29 is 18.7 Å². The highest BCUT2D eigenvalue weighted by atomic mass is 16.5. The van der Waals surface area contributed by atoms with Gasteiger partial charge in [0.15, 0.2) is 0 Å². The van der Waals surface area contributed by atoms with Crippen molar-refractivity contribution in [1.29, 1.82) is 0 Å². The van der Waals surface area contributed by atoms with E-state index in [1.54, 1.807) is 18.5 Å². The molecule has 0 saturated carbocycles. The van der Waals surface area contributed by atoms with Crippen LogP contribution in [0.5, 0.6) is 5.75 Å². The van der Waals surface area contributed by atoms with Crippen LogP contribution in [0.1, 0.15) is 29.6 Å². The normalized spacial score (nSPS) is 26.1. The van der Waals surface area contributed by atoms with Crippen molar-refractivity contribution >= 4 is 5.91 Å². The minimum absolute atomic E-state index is 0.0125. The number of pyridine rings is 1. The Morgan fingerprint density at radius 3 is 3.20 bits per heavy atom. The highest BCUT2D eigenvalue weighted by Gasteiger charge is 2.47. The van der Waals surface area contributed by atoms with E-state index < -0.39 is 0 Å². The van der Waals surface area contributed by atoms with Crippen LogP contribution < -0.4 is 4.74 Å². The summed E-state index contributed by atoms with van der Waals surface area (Å²) in [5.41, 5.74) is 0.421. The molecule has 0 N–H and O–H groups in total. The van der Waals surface area contributed by atoms with Crippen molar-refractivity contribution in [2.45, 2.75) is 25.4 Å². The fraction of sp³-hybridized carbons (Fsp3) is 0.474. The van der Waals surface area contributed by atoms with Gasteiger partial charge in [-0.2, -0.15) is 0 Å². The predicted molar refractivity (Wildman–Crippen MR) is 90.4 cm³/mol. The number of aromatic nitrogens is 1. The Kier molecular flexibility index (Phi) is 4.44. The Hall–Kier alpha value is -2.34. The molecule has 2 aliphatic heterocycles. The monoisotopic (exact) mass is 342 g/mol. The van der Waals surface area contributed by atoms with Crippen molar-refractivity contribution in [3.05, 3.63) is 48.7 Å². The Morgan fingerprint density at radius 2 is 2.40 bits per heavy atom. The third-order valence-corrected chi connectivity index (χ3v) is 5.20. The zero-order chi connectivity index (χ0) is 17.1. The Morgan fingerprint density at radius 1 is 1.44 bits per heavy atom. The summed E-state index contributed by atoms with van der Waals surface area (Å²) < 4.78 is 17.1. The van der Waals surface area contributed by atoms with E-state index in [1.807, 2.05) is 17.0 Å². The topological polar surface area (TPSA) is 64.8 Å². The van der Waals surface area contributed by atoms with Crippen LogP contribution in [0.4, 0.5) is 0 Å². The summed E-state index contributed by atoms with van der Waals surface area (Å²) in [7, 11) is 0. The lowest BCUT2D eigenvalue weighted by Gasteiger charge is -2.50. The second-order valence-electron chi connectivity index (χ2n) is 6.83. The molecular weight excluding hydrogens is 320 g/mol. The van der Waals surface area contributed by atoms with Gasteiger partial charge in [-0.05, 0) is 37.5 Å². The van der Waals surface area contributed by atoms with E-state index in [-0.39, 0.29) is 17.4 Å². The number of hydrogen-bond donors (Lipinski definition) is 0. The minimum Gasteiger partial charge on any atom is -0.491 e. The molecule has 1 amide bonds. The lowest BCUT2D eigenvalue weighted by Crippen LogP contribution is -2.58. The van der Waals surface area contributed by atoms with Gasteiger partial charge < -0.3 is 18.8 Å². The number of rotatable bonds is 4. The lowest BCUT2D eigenvalue weighted by atomic mass is 9.73. The molecule has 0 bridgehead atoms. The van der Waals surface area contributed by atoms with Crippen molar-refractivity contribution in [3.8, 4) is 5.75 Å². The third-order valence-electron chi connectivity index (χ3n) is 5.20. The molecule has 2 saturated heterocycles. The van der Waals surface area contributed by atoms with Crippen LogP contribution in [0.2, 0.25) is 0 Å². The van der Waals surface area contributed by atoms with E-state index in [4.69, 9.17) is 13.9 Å². The maximum Gasteiger partial charge on any atom is 0.257 e. The molecule has 2 atom stereocenters. The number of fused-ring (bicyclic) bond motifs is 1.